The van der Waals surface area contributed by atoms with E-state index in [-0.39, 0.29) is 5.82 Å². The fourth-order valence-electron chi connectivity index (χ4n) is 2.30. The normalized spacial score (nSPS) is 13.1. The Morgan fingerprint density at radius 1 is 1.24 bits per heavy atom. The van der Waals surface area contributed by atoms with Crippen molar-refractivity contribution in [3.05, 3.63) is 51.7 Å². The Balaban J connectivity index is 1.81. The van der Waals surface area contributed by atoms with Gasteiger partial charge in [-0.3, -0.25) is 0 Å². The molecule has 0 fully saturated rings. The van der Waals surface area contributed by atoms with E-state index in [4.69, 9.17) is 9.47 Å². The SMILES string of the molecule is Cc1cc(Br)c(F)cc1NCc1cccc2c1OCCO2. The molecule has 0 aliphatic carbocycles. The van der Waals surface area contributed by atoms with Crippen LogP contribution in [0.1, 0.15) is 11.1 Å². The third-order valence-electron chi connectivity index (χ3n) is 3.38. The smallest absolute Gasteiger partial charge is 0.166 e. The average molecular weight is 352 g/mol. The monoisotopic (exact) mass is 351 g/mol. The molecule has 0 aromatic heterocycles. The molecule has 2 aromatic rings. The fraction of sp³-hybridized carbons (Fsp3) is 0.250. The number of para-hydroxylation sites is 1. The Kier molecular flexibility index (Phi) is 4.01. The second-order valence-corrected chi connectivity index (χ2v) is 5.73. The zero-order chi connectivity index (χ0) is 14.8. The molecule has 1 N–H and O–H groups in total. The van der Waals surface area contributed by atoms with Gasteiger partial charge in [-0.1, -0.05) is 12.1 Å². The van der Waals surface area contributed by atoms with Crippen molar-refractivity contribution in [2.75, 3.05) is 18.5 Å². The minimum Gasteiger partial charge on any atom is -0.486 e. The third kappa shape index (κ3) is 2.97. The molecule has 0 bridgehead atoms. The van der Waals surface area contributed by atoms with E-state index in [1.54, 1.807) is 6.07 Å². The molecule has 1 aliphatic heterocycles. The van der Waals surface area contributed by atoms with Crippen LogP contribution < -0.4 is 14.8 Å². The molecule has 21 heavy (non-hydrogen) atoms. The molecule has 0 radical (unpaired) electrons. The van der Waals surface area contributed by atoms with Crippen molar-refractivity contribution in [1.29, 1.82) is 0 Å². The summed E-state index contributed by atoms with van der Waals surface area (Å²) in [7, 11) is 0. The first-order chi connectivity index (χ1) is 10.1. The van der Waals surface area contributed by atoms with E-state index < -0.39 is 0 Å². The van der Waals surface area contributed by atoms with Crippen LogP contribution in [-0.2, 0) is 6.54 Å². The summed E-state index contributed by atoms with van der Waals surface area (Å²) in [5.74, 6) is 1.25. The number of halogens is 2. The van der Waals surface area contributed by atoms with Gasteiger partial charge < -0.3 is 14.8 Å². The van der Waals surface area contributed by atoms with Crippen LogP contribution in [0, 0.1) is 12.7 Å². The molecule has 0 spiro atoms. The highest BCUT2D eigenvalue weighted by molar-refractivity contribution is 9.10. The highest BCUT2D eigenvalue weighted by Gasteiger charge is 2.15. The van der Waals surface area contributed by atoms with Gasteiger partial charge >= 0.3 is 0 Å². The first-order valence-electron chi connectivity index (χ1n) is 6.72. The molecule has 0 unspecified atom stereocenters. The van der Waals surface area contributed by atoms with Gasteiger partial charge in [-0.05, 0) is 46.6 Å². The van der Waals surface area contributed by atoms with Crippen molar-refractivity contribution in [1.82, 2.24) is 0 Å². The molecule has 3 rings (SSSR count). The quantitative estimate of drug-likeness (QED) is 0.895. The highest BCUT2D eigenvalue weighted by Crippen LogP contribution is 2.34. The van der Waals surface area contributed by atoms with Crippen LogP contribution in [0.3, 0.4) is 0 Å². The molecule has 110 valence electrons. The van der Waals surface area contributed by atoms with Crippen molar-refractivity contribution in [3.63, 3.8) is 0 Å². The average Bonchev–Trinajstić information content (AvgIpc) is 2.49. The summed E-state index contributed by atoms with van der Waals surface area (Å²) in [5, 5.41) is 3.25. The largest absolute Gasteiger partial charge is 0.486 e. The number of nitrogens with one attached hydrogen (secondary N) is 1. The number of hydrogen-bond acceptors (Lipinski definition) is 3. The Bertz CT molecular complexity index is 676. The van der Waals surface area contributed by atoms with E-state index in [0.717, 1.165) is 28.3 Å². The van der Waals surface area contributed by atoms with E-state index in [9.17, 15) is 4.39 Å². The molecule has 2 aromatic carbocycles. The van der Waals surface area contributed by atoms with Crippen LogP contribution in [0.2, 0.25) is 0 Å². The molecule has 0 amide bonds. The van der Waals surface area contributed by atoms with E-state index in [1.165, 1.54) is 6.07 Å². The Morgan fingerprint density at radius 2 is 2.05 bits per heavy atom. The molecule has 0 saturated carbocycles. The predicted molar refractivity (Wildman–Crippen MR) is 83.6 cm³/mol. The number of aryl methyl sites for hydroxylation is 1. The minimum atomic E-state index is -0.280. The Morgan fingerprint density at radius 3 is 2.90 bits per heavy atom. The Labute approximate surface area is 131 Å². The van der Waals surface area contributed by atoms with E-state index in [0.29, 0.717) is 24.2 Å². The second-order valence-electron chi connectivity index (χ2n) is 4.88. The summed E-state index contributed by atoms with van der Waals surface area (Å²) in [4.78, 5) is 0. The summed E-state index contributed by atoms with van der Waals surface area (Å²) in [6.07, 6.45) is 0. The van der Waals surface area contributed by atoms with Gasteiger partial charge in [-0.2, -0.15) is 0 Å². The topological polar surface area (TPSA) is 30.5 Å². The summed E-state index contributed by atoms with van der Waals surface area (Å²) >= 11 is 3.19. The lowest BCUT2D eigenvalue weighted by atomic mass is 10.1. The maximum atomic E-state index is 13.6. The van der Waals surface area contributed by atoms with Gasteiger partial charge in [0, 0.05) is 17.8 Å². The predicted octanol–water partition coefficient (Wildman–Crippen LogP) is 4.28. The number of fused-ring (bicyclic) bond motifs is 1. The maximum Gasteiger partial charge on any atom is 0.166 e. The van der Waals surface area contributed by atoms with Crippen molar-refractivity contribution in [2.24, 2.45) is 0 Å². The lowest BCUT2D eigenvalue weighted by molar-refractivity contribution is 0.170. The van der Waals surface area contributed by atoms with Gasteiger partial charge in [0.25, 0.3) is 0 Å². The van der Waals surface area contributed by atoms with Crippen LogP contribution in [0.15, 0.2) is 34.8 Å². The van der Waals surface area contributed by atoms with Gasteiger partial charge in [0.2, 0.25) is 0 Å². The lowest BCUT2D eigenvalue weighted by Crippen LogP contribution is -2.17. The zero-order valence-corrected chi connectivity index (χ0v) is 13.2. The second kappa shape index (κ2) is 5.93. The van der Waals surface area contributed by atoms with Crippen LogP contribution in [0.4, 0.5) is 10.1 Å². The van der Waals surface area contributed by atoms with Gasteiger partial charge in [-0.15, -0.1) is 0 Å². The summed E-state index contributed by atoms with van der Waals surface area (Å²) < 4.78 is 25.3. The Hall–Kier alpha value is -1.75. The molecule has 0 atom stereocenters. The first kappa shape index (κ1) is 14.2. The molecular formula is C16H15BrFNO2. The molecule has 0 saturated heterocycles. The number of anilines is 1. The van der Waals surface area contributed by atoms with Crippen LogP contribution in [0.5, 0.6) is 11.5 Å². The molecule has 5 heteroatoms. The molecule has 3 nitrogen and oxygen atoms in total. The molecule has 1 heterocycles. The standard InChI is InChI=1S/C16H15BrFNO2/c1-10-7-12(17)13(18)8-14(10)19-9-11-3-2-4-15-16(11)21-6-5-20-15/h2-4,7-8,19H,5-6,9H2,1H3. The summed E-state index contributed by atoms with van der Waals surface area (Å²) in [6, 6.07) is 9.05. The summed E-state index contributed by atoms with van der Waals surface area (Å²) in [5.41, 5.74) is 2.74. The lowest BCUT2D eigenvalue weighted by Gasteiger charge is -2.21. The first-order valence-corrected chi connectivity index (χ1v) is 7.51. The van der Waals surface area contributed by atoms with Gasteiger partial charge in [0.15, 0.2) is 11.5 Å². The molecular weight excluding hydrogens is 337 g/mol. The molecule has 1 aliphatic rings. The van der Waals surface area contributed by atoms with Crippen LogP contribution in [0.25, 0.3) is 0 Å². The van der Waals surface area contributed by atoms with Crippen molar-refractivity contribution >= 4 is 21.6 Å². The van der Waals surface area contributed by atoms with Gasteiger partial charge in [0.05, 0.1) is 4.47 Å². The third-order valence-corrected chi connectivity index (χ3v) is 3.99. The van der Waals surface area contributed by atoms with Crippen LogP contribution in [-0.4, -0.2) is 13.2 Å². The van der Waals surface area contributed by atoms with E-state index in [1.807, 2.05) is 25.1 Å². The van der Waals surface area contributed by atoms with Crippen molar-refractivity contribution in [2.45, 2.75) is 13.5 Å². The highest BCUT2D eigenvalue weighted by atomic mass is 79.9. The van der Waals surface area contributed by atoms with E-state index >= 15 is 0 Å². The van der Waals surface area contributed by atoms with Gasteiger partial charge in [0.1, 0.15) is 19.0 Å². The number of ether oxygens (including phenoxy) is 2. The maximum absolute atomic E-state index is 13.6. The minimum absolute atomic E-state index is 0.280. The zero-order valence-electron chi connectivity index (χ0n) is 11.6. The number of rotatable bonds is 3. The van der Waals surface area contributed by atoms with Gasteiger partial charge in [-0.25, -0.2) is 4.39 Å². The van der Waals surface area contributed by atoms with Crippen molar-refractivity contribution in [3.8, 4) is 11.5 Å². The fourth-order valence-corrected chi connectivity index (χ4v) is 2.76. The van der Waals surface area contributed by atoms with Crippen molar-refractivity contribution < 1.29 is 13.9 Å². The van der Waals surface area contributed by atoms with Crippen LogP contribution >= 0.6 is 15.9 Å². The summed E-state index contributed by atoms with van der Waals surface area (Å²) in [6.45, 7) is 3.61. The number of benzene rings is 2. The van der Waals surface area contributed by atoms with E-state index in [2.05, 4.69) is 21.2 Å². The number of hydrogen-bond donors (Lipinski definition) is 1.